The van der Waals surface area contributed by atoms with Crippen LogP contribution in [-0.4, -0.2) is 25.4 Å². The van der Waals surface area contributed by atoms with Gasteiger partial charge in [0.2, 0.25) is 0 Å². The lowest BCUT2D eigenvalue weighted by atomic mass is 10.0. The molecule has 0 aliphatic rings. The van der Waals surface area contributed by atoms with Crippen LogP contribution in [0.2, 0.25) is 0 Å². The standard InChI is InChI=1S/C24H21NO4/c1-28-23-15-20(29-16-24(25)27)12-13-21(23)22(26)14-9-17-7-10-19(11-8-17)18-5-3-2-4-6-18/h2-15H,16H2,1H3,(H2,25,27)/b14-9+. The Kier molecular flexibility index (Phi) is 6.43. The Bertz CT molecular complexity index is 1020. The minimum Gasteiger partial charge on any atom is -0.496 e. The van der Waals surface area contributed by atoms with Gasteiger partial charge in [0.05, 0.1) is 12.7 Å². The Morgan fingerprint density at radius 2 is 1.62 bits per heavy atom. The molecule has 0 saturated heterocycles. The Balaban J connectivity index is 1.72. The van der Waals surface area contributed by atoms with Crippen LogP contribution < -0.4 is 15.2 Å². The molecule has 2 N–H and O–H groups in total. The highest BCUT2D eigenvalue weighted by Crippen LogP contribution is 2.26. The summed E-state index contributed by atoms with van der Waals surface area (Å²) < 4.78 is 10.5. The van der Waals surface area contributed by atoms with Crippen LogP contribution in [0.5, 0.6) is 11.5 Å². The molecule has 3 rings (SSSR count). The van der Waals surface area contributed by atoms with Crippen molar-refractivity contribution in [1.29, 1.82) is 0 Å². The molecular weight excluding hydrogens is 366 g/mol. The van der Waals surface area contributed by atoms with E-state index in [0.29, 0.717) is 17.1 Å². The SMILES string of the molecule is COc1cc(OCC(N)=O)ccc1C(=O)/C=C/c1ccc(-c2ccccc2)cc1. The van der Waals surface area contributed by atoms with E-state index in [1.54, 1.807) is 24.3 Å². The number of benzene rings is 3. The first-order valence-electron chi connectivity index (χ1n) is 9.04. The minimum absolute atomic E-state index is 0.199. The molecule has 0 fully saturated rings. The van der Waals surface area contributed by atoms with E-state index in [2.05, 4.69) is 12.1 Å². The van der Waals surface area contributed by atoms with Crippen LogP contribution >= 0.6 is 0 Å². The quantitative estimate of drug-likeness (QED) is 0.466. The zero-order valence-electron chi connectivity index (χ0n) is 16.0. The second-order valence-electron chi connectivity index (χ2n) is 6.30. The van der Waals surface area contributed by atoms with Crippen molar-refractivity contribution >= 4 is 17.8 Å². The van der Waals surface area contributed by atoms with Gasteiger partial charge in [0.15, 0.2) is 12.4 Å². The molecule has 0 aromatic heterocycles. The number of nitrogens with two attached hydrogens (primary N) is 1. The molecule has 3 aromatic carbocycles. The summed E-state index contributed by atoms with van der Waals surface area (Å²) in [6.45, 7) is -0.241. The van der Waals surface area contributed by atoms with Crippen LogP contribution in [0.15, 0.2) is 78.9 Å². The highest BCUT2D eigenvalue weighted by atomic mass is 16.5. The molecule has 0 spiro atoms. The van der Waals surface area contributed by atoms with Crippen molar-refractivity contribution in [1.82, 2.24) is 0 Å². The number of ether oxygens (including phenoxy) is 2. The monoisotopic (exact) mass is 387 g/mol. The third-order valence-corrected chi connectivity index (χ3v) is 4.26. The second-order valence-corrected chi connectivity index (χ2v) is 6.30. The second kappa shape index (κ2) is 9.37. The van der Waals surface area contributed by atoms with Gasteiger partial charge in [0.1, 0.15) is 11.5 Å². The zero-order chi connectivity index (χ0) is 20.6. The maximum absolute atomic E-state index is 12.6. The molecule has 0 aliphatic carbocycles. The summed E-state index contributed by atoms with van der Waals surface area (Å²) in [5.41, 5.74) is 8.64. The molecule has 5 nitrogen and oxygen atoms in total. The largest absolute Gasteiger partial charge is 0.496 e. The van der Waals surface area contributed by atoms with Crippen LogP contribution in [0.4, 0.5) is 0 Å². The van der Waals surface area contributed by atoms with Crippen molar-refractivity contribution in [3.05, 3.63) is 90.0 Å². The molecule has 0 saturated carbocycles. The maximum atomic E-state index is 12.6. The molecule has 0 radical (unpaired) electrons. The van der Waals surface area contributed by atoms with Gasteiger partial charge in [-0.3, -0.25) is 9.59 Å². The van der Waals surface area contributed by atoms with Gasteiger partial charge < -0.3 is 15.2 Å². The van der Waals surface area contributed by atoms with Crippen LogP contribution in [0.25, 0.3) is 17.2 Å². The van der Waals surface area contributed by atoms with E-state index in [-0.39, 0.29) is 12.4 Å². The van der Waals surface area contributed by atoms with Crippen molar-refractivity contribution in [2.24, 2.45) is 5.73 Å². The maximum Gasteiger partial charge on any atom is 0.255 e. The van der Waals surface area contributed by atoms with Gasteiger partial charge in [-0.1, -0.05) is 60.7 Å². The summed E-state index contributed by atoms with van der Waals surface area (Å²) >= 11 is 0. The Labute approximate surface area is 169 Å². The Hall–Kier alpha value is -3.86. The number of ketones is 1. The van der Waals surface area contributed by atoms with Crippen molar-refractivity contribution in [3.63, 3.8) is 0 Å². The lowest BCUT2D eigenvalue weighted by molar-refractivity contribution is -0.119. The molecule has 0 bridgehead atoms. The van der Waals surface area contributed by atoms with Crippen molar-refractivity contribution < 1.29 is 19.1 Å². The molecule has 3 aromatic rings. The third-order valence-electron chi connectivity index (χ3n) is 4.26. The smallest absolute Gasteiger partial charge is 0.255 e. The molecule has 1 amide bonds. The molecular formula is C24H21NO4. The van der Waals surface area contributed by atoms with Crippen LogP contribution in [-0.2, 0) is 4.79 Å². The van der Waals surface area contributed by atoms with E-state index >= 15 is 0 Å². The lowest BCUT2D eigenvalue weighted by Gasteiger charge is -2.09. The summed E-state index contributed by atoms with van der Waals surface area (Å²) in [4.78, 5) is 23.4. The topological polar surface area (TPSA) is 78.6 Å². The van der Waals surface area contributed by atoms with Crippen molar-refractivity contribution in [2.75, 3.05) is 13.7 Å². The van der Waals surface area contributed by atoms with E-state index in [1.807, 2.05) is 42.5 Å². The first-order valence-corrected chi connectivity index (χ1v) is 9.04. The number of carbonyl (C=O) groups is 2. The molecule has 0 atom stereocenters. The summed E-state index contributed by atoms with van der Waals surface area (Å²) in [6, 6.07) is 22.8. The van der Waals surface area contributed by atoms with E-state index in [1.165, 1.54) is 13.2 Å². The first-order chi connectivity index (χ1) is 14.1. The van der Waals surface area contributed by atoms with Crippen molar-refractivity contribution in [3.8, 4) is 22.6 Å². The van der Waals surface area contributed by atoms with Gasteiger partial charge in [-0.25, -0.2) is 0 Å². The van der Waals surface area contributed by atoms with Crippen LogP contribution in [0.1, 0.15) is 15.9 Å². The average Bonchev–Trinajstić information content (AvgIpc) is 2.76. The van der Waals surface area contributed by atoms with Gasteiger partial charge in [0.25, 0.3) is 5.91 Å². The fraction of sp³-hybridized carbons (Fsp3) is 0.0833. The van der Waals surface area contributed by atoms with Crippen LogP contribution in [0, 0.1) is 0 Å². The summed E-state index contributed by atoms with van der Waals surface area (Å²) in [5.74, 6) is -0.0144. The van der Waals surface area contributed by atoms with Gasteiger partial charge in [-0.15, -0.1) is 0 Å². The van der Waals surface area contributed by atoms with Crippen molar-refractivity contribution in [2.45, 2.75) is 0 Å². The molecule has 146 valence electrons. The Morgan fingerprint density at radius 1 is 0.931 bits per heavy atom. The predicted molar refractivity (Wildman–Crippen MR) is 113 cm³/mol. The third kappa shape index (κ3) is 5.32. The summed E-state index contributed by atoms with van der Waals surface area (Å²) in [6.07, 6.45) is 3.26. The van der Waals surface area contributed by atoms with Gasteiger partial charge >= 0.3 is 0 Å². The molecule has 0 unspecified atom stereocenters. The fourth-order valence-corrected chi connectivity index (χ4v) is 2.80. The normalized spacial score (nSPS) is 10.7. The first kappa shape index (κ1) is 19.9. The van der Waals surface area contributed by atoms with Crippen LogP contribution in [0.3, 0.4) is 0 Å². The number of amides is 1. The minimum atomic E-state index is -0.578. The highest BCUT2D eigenvalue weighted by molar-refractivity contribution is 6.08. The average molecular weight is 387 g/mol. The number of carbonyl (C=O) groups excluding carboxylic acids is 2. The number of primary amides is 1. The number of methoxy groups -OCH3 is 1. The lowest BCUT2D eigenvalue weighted by Crippen LogP contribution is -2.20. The summed E-state index contributed by atoms with van der Waals surface area (Å²) in [5, 5.41) is 0. The van der Waals surface area contributed by atoms with E-state index in [9.17, 15) is 9.59 Å². The Morgan fingerprint density at radius 3 is 2.28 bits per heavy atom. The molecule has 5 heteroatoms. The summed E-state index contributed by atoms with van der Waals surface area (Å²) in [7, 11) is 1.47. The number of hydrogen-bond donors (Lipinski definition) is 1. The fourth-order valence-electron chi connectivity index (χ4n) is 2.80. The molecule has 0 aliphatic heterocycles. The molecule has 0 heterocycles. The number of allylic oxidation sites excluding steroid dienone is 1. The number of rotatable bonds is 8. The molecule has 29 heavy (non-hydrogen) atoms. The van der Waals surface area contributed by atoms with E-state index in [4.69, 9.17) is 15.2 Å². The zero-order valence-corrected chi connectivity index (χ0v) is 16.0. The predicted octanol–water partition coefficient (Wildman–Crippen LogP) is 4.12. The van der Waals surface area contributed by atoms with Gasteiger partial charge in [-0.05, 0) is 34.9 Å². The van der Waals surface area contributed by atoms with E-state index in [0.717, 1.165) is 16.7 Å². The van der Waals surface area contributed by atoms with Gasteiger partial charge in [-0.2, -0.15) is 0 Å². The van der Waals surface area contributed by atoms with Gasteiger partial charge in [0, 0.05) is 6.07 Å². The number of hydrogen-bond acceptors (Lipinski definition) is 4. The van der Waals surface area contributed by atoms with E-state index < -0.39 is 5.91 Å². The highest BCUT2D eigenvalue weighted by Gasteiger charge is 2.11.